The zero-order chi connectivity index (χ0) is 8.10. The Labute approximate surface area is 74.3 Å². The lowest BCUT2D eigenvalue weighted by atomic mass is 10.1. The fraction of sp³-hybridized carbons (Fsp3) is 1.00. The van der Waals surface area contributed by atoms with Gasteiger partial charge in [-0.25, -0.2) is 0 Å². The van der Waals surface area contributed by atoms with Gasteiger partial charge in [0.05, 0.1) is 0 Å². The van der Waals surface area contributed by atoms with Crippen LogP contribution in [0.15, 0.2) is 0 Å². The smallest absolute Gasteiger partial charge is 0.0175 e. The first kappa shape index (κ1) is 9.40. The summed E-state index contributed by atoms with van der Waals surface area (Å²) in [6, 6.07) is 0. The van der Waals surface area contributed by atoms with E-state index in [1.54, 1.807) is 0 Å². The molecule has 2 atom stereocenters. The summed E-state index contributed by atoms with van der Waals surface area (Å²) in [5.74, 6) is 0. The van der Waals surface area contributed by atoms with Gasteiger partial charge in [0.15, 0.2) is 0 Å². The molecular weight excluding hydrogens is 154 g/mol. The van der Waals surface area contributed by atoms with Crippen LogP contribution in [-0.4, -0.2) is 23.6 Å². The molecule has 0 amide bonds. The first-order valence-electron chi connectivity index (χ1n) is 4.81. The van der Waals surface area contributed by atoms with E-state index in [1.807, 2.05) is 13.8 Å². The number of hydrogen-bond acceptors (Lipinski definition) is 2. The molecule has 1 N–H and O–H groups in total. The number of fused-ring (bicyclic) bond motifs is 2. The van der Waals surface area contributed by atoms with Crippen molar-refractivity contribution in [2.45, 2.75) is 43.6 Å². The molecule has 1 nitrogen and oxygen atoms in total. The van der Waals surface area contributed by atoms with E-state index in [4.69, 9.17) is 0 Å². The van der Waals surface area contributed by atoms with Crippen molar-refractivity contribution < 1.29 is 0 Å². The Bertz CT molecular complexity index is 85.7. The summed E-state index contributed by atoms with van der Waals surface area (Å²) in [4.78, 5) is 0. The van der Waals surface area contributed by atoms with E-state index >= 15 is 0 Å². The number of hydrogen-bond donors (Lipinski definition) is 1. The number of rotatable bonds is 0. The normalized spacial score (nSPS) is 35.5. The summed E-state index contributed by atoms with van der Waals surface area (Å²) in [5.41, 5.74) is 0. The topological polar surface area (TPSA) is 12.0 Å². The molecule has 2 aliphatic rings. The van der Waals surface area contributed by atoms with E-state index in [2.05, 4.69) is 17.1 Å². The molecule has 2 aliphatic heterocycles. The Morgan fingerprint density at radius 3 is 2.09 bits per heavy atom. The van der Waals surface area contributed by atoms with Crippen molar-refractivity contribution in [3.63, 3.8) is 0 Å². The lowest BCUT2D eigenvalue weighted by Gasteiger charge is -2.34. The van der Waals surface area contributed by atoms with Gasteiger partial charge in [0.1, 0.15) is 0 Å². The minimum Gasteiger partial charge on any atom is -0.315 e. The van der Waals surface area contributed by atoms with E-state index in [-0.39, 0.29) is 0 Å². The quantitative estimate of drug-likeness (QED) is 0.603. The Morgan fingerprint density at radius 2 is 1.64 bits per heavy atom. The first-order chi connectivity index (χ1) is 5.45. The maximum Gasteiger partial charge on any atom is 0.0175 e. The van der Waals surface area contributed by atoms with Gasteiger partial charge in [-0.05, 0) is 12.8 Å². The zero-order valence-corrected chi connectivity index (χ0v) is 8.41. The van der Waals surface area contributed by atoms with Gasteiger partial charge in [-0.2, -0.15) is 11.8 Å². The van der Waals surface area contributed by atoms with Crippen LogP contribution >= 0.6 is 11.8 Å². The average Bonchev–Trinajstić information content (AvgIpc) is 2.08. The SMILES string of the molecule is C1CC2CNCC(C1)S2.CC. The highest BCUT2D eigenvalue weighted by atomic mass is 32.2. The summed E-state index contributed by atoms with van der Waals surface area (Å²) < 4.78 is 0. The fourth-order valence-electron chi connectivity index (χ4n) is 1.69. The molecule has 0 aromatic rings. The van der Waals surface area contributed by atoms with Gasteiger partial charge in [0.2, 0.25) is 0 Å². The third-order valence-electron chi connectivity index (χ3n) is 2.18. The van der Waals surface area contributed by atoms with Crippen LogP contribution in [0.4, 0.5) is 0 Å². The summed E-state index contributed by atoms with van der Waals surface area (Å²) in [6.07, 6.45) is 4.38. The second-order valence-corrected chi connectivity index (χ2v) is 4.57. The zero-order valence-electron chi connectivity index (χ0n) is 7.60. The third-order valence-corrected chi connectivity index (χ3v) is 3.76. The molecule has 0 spiro atoms. The minimum absolute atomic E-state index is 0.956. The van der Waals surface area contributed by atoms with Crippen LogP contribution in [0.2, 0.25) is 0 Å². The van der Waals surface area contributed by atoms with E-state index in [9.17, 15) is 0 Å². The van der Waals surface area contributed by atoms with Crippen molar-refractivity contribution in [3.8, 4) is 0 Å². The monoisotopic (exact) mass is 173 g/mol. The highest BCUT2D eigenvalue weighted by Crippen LogP contribution is 2.33. The predicted molar refractivity (Wildman–Crippen MR) is 53.2 cm³/mol. The molecule has 2 heterocycles. The number of thioether (sulfide) groups is 1. The Balaban J connectivity index is 0.000000281. The summed E-state index contributed by atoms with van der Waals surface area (Å²) in [5, 5.41) is 5.38. The van der Waals surface area contributed by atoms with Gasteiger partial charge in [-0.1, -0.05) is 20.3 Å². The van der Waals surface area contributed by atoms with Crippen LogP contribution in [0, 0.1) is 0 Å². The van der Waals surface area contributed by atoms with Crippen molar-refractivity contribution in [1.82, 2.24) is 5.32 Å². The van der Waals surface area contributed by atoms with Gasteiger partial charge in [0, 0.05) is 23.6 Å². The molecule has 0 saturated carbocycles. The van der Waals surface area contributed by atoms with E-state index in [1.165, 1.54) is 32.4 Å². The van der Waals surface area contributed by atoms with Crippen molar-refractivity contribution >= 4 is 11.8 Å². The molecule has 2 unspecified atom stereocenters. The van der Waals surface area contributed by atoms with Crippen LogP contribution < -0.4 is 5.32 Å². The van der Waals surface area contributed by atoms with E-state index in [0.29, 0.717) is 0 Å². The molecule has 0 aliphatic carbocycles. The van der Waals surface area contributed by atoms with Crippen molar-refractivity contribution in [1.29, 1.82) is 0 Å². The maximum absolute atomic E-state index is 3.47. The molecular formula is C9H19NS. The Morgan fingerprint density at radius 1 is 1.09 bits per heavy atom. The molecule has 0 aromatic carbocycles. The van der Waals surface area contributed by atoms with E-state index < -0.39 is 0 Å². The van der Waals surface area contributed by atoms with Crippen LogP contribution in [0.5, 0.6) is 0 Å². The second-order valence-electron chi connectivity index (χ2n) is 2.97. The van der Waals surface area contributed by atoms with Crippen LogP contribution in [0.25, 0.3) is 0 Å². The minimum atomic E-state index is 0.956. The van der Waals surface area contributed by atoms with Gasteiger partial charge >= 0.3 is 0 Å². The van der Waals surface area contributed by atoms with Crippen LogP contribution in [-0.2, 0) is 0 Å². The van der Waals surface area contributed by atoms with Crippen molar-refractivity contribution in [2.24, 2.45) is 0 Å². The molecule has 2 rings (SSSR count). The third kappa shape index (κ3) is 2.68. The second kappa shape index (κ2) is 5.04. The standard InChI is InChI=1S/C7H13NS.C2H6/c1-2-6-4-8-5-7(3-1)9-6;1-2/h6-8H,1-5H2;1-2H3. The highest BCUT2D eigenvalue weighted by Gasteiger charge is 2.25. The molecule has 2 heteroatoms. The lowest BCUT2D eigenvalue weighted by molar-refractivity contribution is 0.503. The molecule has 11 heavy (non-hydrogen) atoms. The van der Waals surface area contributed by atoms with Crippen LogP contribution in [0.3, 0.4) is 0 Å². The highest BCUT2D eigenvalue weighted by molar-refractivity contribution is 8.00. The van der Waals surface area contributed by atoms with Gasteiger partial charge in [-0.3, -0.25) is 0 Å². The van der Waals surface area contributed by atoms with Gasteiger partial charge < -0.3 is 5.32 Å². The Hall–Kier alpha value is 0.310. The van der Waals surface area contributed by atoms with Gasteiger partial charge in [-0.15, -0.1) is 0 Å². The predicted octanol–water partition coefficient (Wildman–Crippen LogP) is 2.27. The number of nitrogens with one attached hydrogen (secondary N) is 1. The van der Waals surface area contributed by atoms with Gasteiger partial charge in [0.25, 0.3) is 0 Å². The van der Waals surface area contributed by atoms with Crippen LogP contribution in [0.1, 0.15) is 33.1 Å². The molecule has 2 fully saturated rings. The Kier molecular flexibility index (Phi) is 4.31. The molecule has 2 saturated heterocycles. The largest absolute Gasteiger partial charge is 0.315 e. The summed E-state index contributed by atoms with van der Waals surface area (Å²) in [6.45, 7) is 6.53. The van der Waals surface area contributed by atoms with Crippen molar-refractivity contribution in [3.05, 3.63) is 0 Å². The first-order valence-corrected chi connectivity index (χ1v) is 5.75. The molecule has 2 bridgehead atoms. The average molecular weight is 173 g/mol. The summed E-state index contributed by atoms with van der Waals surface area (Å²) in [7, 11) is 0. The summed E-state index contributed by atoms with van der Waals surface area (Å²) >= 11 is 2.21. The molecule has 0 aromatic heterocycles. The maximum atomic E-state index is 3.47. The van der Waals surface area contributed by atoms with E-state index in [0.717, 1.165) is 10.5 Å². The molecule has 0 radical (unpaired) electrons. The lowest BCUT2D eigenvalue weighted by Crippen LogP contribution is -2.40. The molecule has 66 valence electrons. The fourth-order valence-corrected chi connectivity index (χ4v) is 3.27. The van der Waals surface area contributed by atoms with Crippen molar-refractivity contribution in [2.75, 3.05) is 13.1 Å².